The van der Waals surface area contributed by atoms with E-state index in [1.54, 1.807) is 11.8 Å². The summed E-state index contributed by atoms with van der Waals surface area (Å²) in [5.41, 5.74) is -0.107. The molecule has 0 saturated heterocycles. The molecule has 0 aliphatic rings. The lowest BCUT2D eigenvalue weighted by Gasteiger charge is -2.22. The van der Waals surface area contributed by atoms with E-state index < -0.39 is 4.92 Å². The average Bonchev–Trinajstić information content (AvgIpc) is 2.27. The number of halogens is 1. The molecular formula is C10H14ClN3O2S. The van der Waals surface area contributed by atoms with Gasteiger partial charge in [0.05, 0.1) is 9.95 Å². The van der Waals surface area contributed by atoms with E-state index in [9.17, 15) is 10.1 Å². The average molecular weight is 276 g/mol. The maximum absolute atomic E-state index is 10.5. The minimum atomic E-state index is -0.519. The summed E-state index contributed by atoms with van der Waals surface area (Å²) >= 11 is 7.63. The molecule has 1 heterocycles. The minimum Gasteiger partial charge on any atom is -0.367 e. The molecule has 1 N–H and O–H groups in total. The summed E-state index contributed by atoms with van der Waals surface area (Å²) in [5, 5.41) is 13.9. The fraction of sp³-hybridized carbons (Fsp3) is 0.500. The van der Waals surface area contributed by atoms with Crippen LogP contribution in [0.5, 0.6) is 0 Å². The lowest BCUT2D eigenvalue weighted by atomic mass is 10.2. The first-order valence-electron chi connectivity index (χ1n) is 4.95. The molecule has 0 atom stereocenters. The van der Waals surface area contributed by atoms with Crippen molar-refractivity contribution in [1.29, 1.82) is 0 Å². The highest BCUT2D eigenvalue weighted by Crippen LogP contribution is 2.26. The third kappa shape index (κ3) is 4.05. The van der Waals surface area contributed by atoms with Gasteiger partial charge >= 0.3 is 0 Å². The Labute approximate surface area is 109 Å². The highest BCUT2D eigenvalue weighted by molar-refractivity contribution is 7.99. The molecule has 0 amide bonds. The number of nitrogens with zero attached hydrogens (tertiary/aromatic N) is 2. The smallest absolute Gasteiger partial charge is 0.289 e. The highest BCUT2D eigenvalue weighted by atomic mass is 35.5. The standard InChI is InChI=1S/C10H14ClN3O2S/c1-10(2,17-3)6-13-9-8(11)4-7(5-12-9)14(15)16/h4-5H,6H2,1-3H3,(H,12,13). The van der Waals surface area contributed by atoms with E-state index in [-0.39, 0.29) is 15.5 Å². The summed E-state index contributed by atoms with van der Waals surface area (Å²) in [5.74, 6) is 0.472. The van der Waals surface area contributed by atoms with Crippen LogP contribution in [0.2, 0.25) is 5.02 Å². The van der Waals surface area contributed by atoms with Gasteiger partial charge in [0, 0.05) is 17.4 Å². The zero-order chi connectivity index (χ0) is 13.1. The number of hydrogen-bond donors (Lipinski definition) is 1. The zero-order valence-electron chi connectivity index (χ0n) is 9.86. The number of nitrogens with one attached hydrogen (secondary N) is 1. The zero-order valence-corrected chi connectivity index (χ0v) is 11.4. The summed E-state index contributed by atoms with van der Waals surface area (Å²) < 4.78 is 0.0484. The van der Waals surface area contributed by atoms with Crippen molar-refractivity contribution in [3.05, 3.63) is 27.4 Å². The number of nitro groups is 1. The van der Waals surface area contributed by atoms with Crippen molar-refractivity contribution in [3.8, 4) is 0 Å². The first kappa shape index (κ1) is 14.1. The number of hydrogen-bond acceptors (Lipinski definition) is 5. The number of pyridine rings is 1. The van der Waals surface area contributed by atoms with Gasteiger partial charge in [0.25, 0.3) is 5.69 Å². The maximum atomic E-state index is 10.5. The predicted octanol–water partition coefficient (Wildman–Crippen LogP) is 3.20. The highest BCUT2D eigenvalue weighted by Gasteiger charge is 2.17. The first-order valence-corrected chi connectivity index (χ1v) is 6.55. The van der Waals surface area contributed by atoms with E-state index >= 15 is 0 Å². The number of aromatic nitrogens is 1. The summed E-state index contributed by atoms with van der Waals surface area (Å²) in [6.07, 6.45) is 3.22. The fourth-order valence-corrected chi connectivity index (χ4v) is 1.47. The molecule has 0 radical (unpaired) electrons. The molecule has 1 aromatic rings. The van der Waals surface area contributed by atoms with Crippen molar-refractivity contribution in [3.63, 3.8) is 0 Å². The van der Waals surface area contributed by atoms with Crippen LogP contribution in [0, 0.1) is 10.1 Å². The molecule has 0 aliphatic carbocycles. The molecule has 1 aromatic heterocycles. The molecule has 17 heavy (non-hydrogen) atoms. The Balaban J connectivity index is 2.77. The second kappa shape index (κ2) is 5.55. The van der Waals surface area contributed by atoms with E-state index in [2.05, 4.69) is 24.1 Å². The van der Waals surface area contributed by atoms with Gasteiger partial charge in [-0.05, 0) is 20.1 Å². The third-order valence-corrected chi connectivity index (χ3v) is 3.81. The molecule has 0 saturated carbocycles. The Hall–Kier alpha value is -1.01. The van der Waals surface area contributed by atoms with E-state index in [1.807, 2.05) is 6.26 Å². The van der Waals surface area contributed by atoms with E-state index in [0.29, 0.717) is 12.4 Å². The predicted molar refractivity (Wildman–Crippen MR) is 72.0 cm³/mol. The molecule has 0 fully saturated rings. The molecule has 0 bridgehead atoms. The molecule has 7 heteroatoms. The Morgan fingerprint density at radius 3 is 2.76 bits per heavy atom. The van der Waals surface area contributed by atoms with Gasteiger partial charge in [-0.3, -0.25) is 10.1 Å². The molecular weight excluding hydrogens is 262 g/mol. The Bertz CT molecular complexity index is 426. The van der Waals surface area contributed by atoms with Gasteiger partial charge in [0.2, 0.25) is 0 Å². The molecule has 0 aromatic carbocycles. The topological polar surface area (TPSA) is 68.1 Å². The lowest BCUT2D eigenvalue weighted by molar-refractivity contribution is -0.385. The summed E-state index contributed by atoms with van der Waals surface area (Å²) in [7, 11) is 0. The van der Waals surface area contributed by atoms with Gasteiger partial charge in [0.1, 0.15) is 12.0 Å². The lowest BCUT2D eigenvalue weighted by Crippen LogP contribution is -2.26. The maximum Gasteiger partial charge on any atom is 0.289 e. The van der Waals surface area contributed by atoms with Crippen molar-refractivity contribution >= 4 is 34.9 Å². The van der Waals surface area contributed by atoms with Crippen LogP contribution in [0.25, 0.3) is 0 Å². The van der Waals surface area contributed by atoms with E-state index in [0.717, 1.165) is 0 Å². The van der Waals surface area contributed by atoms with Crippen molar-refractivity contribution in [2.45, 2.75) is 18.6 Å². The van der Waals surface area contributed by atoms with Crippen molar-refractivity contribution < 1.29 is 4.92 Å². The second-order valence-corrected chi connectivity index (χ2v) is 6.02. The van der Waals surface area contributed by atoms with Crippen LogP contribution in [0.1, 0.15) is 13.8 Å². The van der Waals surface area contributed by atoms with E-state index in [4.69, 9.17) is 11.6 Å². The van der Waals surface area contributed by atoms with Crippen molar-refractivity contribution in [2.24, 2.45) is 0 Å². The van der Waals surface area contributed by atoms with Crippen LogP contribution in [0.15, 0.2) is 12.3 Å². The quantitative estimate of drug-likeness (QED) is 0.660. The molecule has 0 aliphatic heterocycles. The van der Waals surface area contributed by atoms with Gasteiger partial charge in [-0.1, -0.05) is 11.6 Å². The van der Waals surface area contributed by atoms with Gasteiger partial charge in [-0.15, -0.1) is 0 Å². The fourth-order valence-electron chi connectivity index (χ4n) is 1.03. The minimum absolute atomic E-state index is 0.0484. The molecule has 94 valence electrons. The van der Waals surface area contributed by atoms with Crippen molar-refractivity contribution in [2.75, 3.05) is 18.1 Å². The number of rotatable bonds is 5. The van der Waals surface area contributed by atoms with Gasteiger partial charge in [-0.25, -0.2) is 4.98 Å². The molecule has 5 nitrogen and oxygen atoms in total. The monoisotopic (exact) mass is 275 g/mol. The van der Waals surface area contributed by atoms with Gasteiger partial charge < -0.3 is 5.32 Å². The van der Waals surface area contributed by atoms with Crippen LogP contribution in [0.3, 0.4) is 0 Å². The summed E-state index contributed by atoms with van der Waals surface area (Å²) in [4.78, 5) is 13.9. The normalized spacial score (nSPS) is 11.3. The second-order valence-electron chi connectivity index (χ2n) is 4.10. The first-order chi connectivity index (χ1) is 7.85. The Kier molecular flexibility index (Phi) is 4.59. The van der Waals surface area contributed by atoms with Crippen LogP contribution >= 0.6 is 23.4 Å². The van der Waals surface area contributed by atoms with Gasteiger partial charge in [-0.2, -0.15) is 11.8 Å². The summed E-state index contributed by atoms with van der Waals surface area (Å²) in [6, 6.07) is 1.29. The Morgan fingerprint density at radius 1 is 1.65 bits per heavy atom. The van der Waals surface area contributed by atoms with Crippen LogP contribution in [-0.2, 0) is 0 Å². The van der Waals surface area contributed by atoms with Crippen molar-refractivity contribution in [1.82, 2.24) is 4.98 Å². The summed E-state index contributed by atoms with van der Waals surface area (Å²) in [6.45, 7) is 4.85. The van der Waals surface area contributed by atoms with Crippen LogP contribution < -0.4 is 5.32 Å². The van der Waals surface area contributed by atoms with Crippen LogP contribution in [-0.4, -0.2) is 27.5 Å². The van der Waals surface area contributed by atoms with Crippen LogP contribution in [0.4, 0.5) is 11.5 Å². The third-order valence-electron chi connectivity index (χ3n) is 2.27. The largest absolute Gasteiger partial charge is 0.367 e. The SMILES string of the molecule is CSC(C)(C)CNc1ncc([N+](=O)[O-])cc1Cl. The van der Waals surface area contributed by atoms with E-state index in [1.165, 1.54) is 12.3 Å². The molecule has 0 unspecified atom stereocenters. The Morgan fingerprint density at radius 2 is 2.29 bits per heavy atom. The molecule has 1 rings (SSSR count). The number of anilines is 1. The van der Waals surface area contributed by atoms with Gasteiger partial charge in [0.15, 0.2) is 0 Å². The number of thioether (sulfide) groups is 1. The molecule has 0 spiro atoms.